The van der Waals surface area contributed by atoms with Crippen LogP contribution in [0.5, 0.6) is 0 Å². The van der Waals surface area contributed by atoms with Crippen LogP contribution in [-0.2, 0) is 4.79 Å². The van der Waals surface area contributed by atoms with Crippen molar-refractivity contribution in [2.45, 2.75) is 24.1 Å². The van der Waals surface area contributed by atoms with Crippen LogP contribution in [0.1, 0.15) is 13.8 Å². The minimum atomic E-state index is -0.0627. The first kappa shape index (κ1) is 12.3. The second kappa shape index (κ2) is 4.81. The first-order chi connectivity index (χ1) is 6.68. The highest BCUT2D eigenvalue weighted by atomic mass is 35.5. The highest BCUT2D eigenvalue weighted by molar-refractivity contribution is 8.16. The lowest BCUT2D eigenvalue weighted by atomic mass is 10.3. The molecule has 0 fully saturated rings. The van der Waals surface area contributed by atoms with Crippen molar-refractivity contribution in [2.75, 3.05) is 5.32 Å². The number of Topliss-reactive ketones (excluding diaryl/α,β-unsaturated/α-hetero) is 1. The van der Waals surface area contributed by atoms with Gasteiger partial charge in [-0.25, -0.2) is 0 Å². The van der Waals surface area contributed by atoms with Crippen molar-refractivity contribution < 1.29 is 4.79 Å². The van der Waals surface area contributed by atoms with Gasteiger partial charge in [0.05, 0.1) is 5.37 Å². The zero-order valence-electron chi connectivity index (χ0n) is 8.69. The molecule has 0 bridgehead atoms. The lowest BCUT2D eigenvalue weighted by Gasteiger charge is -2.06. The van der Waals surface area contributed by atoms with Gasteiger partial charge in [0, 0.05) is 16.0 Å². The van der Waals surface area contributed by atoms with Gasteiger partial charge in [0.25, 0.3) is 0 Å². The molecule has 0 aromatic heterocycles. The van der Waals surface area contributed by atoms with Gasteiger partial charge in [-0.05, 0) is 26.0 Å². The Bertz CT molecular complexity index is 417. The maximum absolute atomic E-state index is 11.1. The largest absolute Gasteiger partial charge is 0.373 e. The fourth-order valence-electron chi connectivity index (χ4n) is 1.61. The fourth-order valence-corrected chi connectivity index (χ4v) is 3.55. The molecule has 2 atom stereocenters. The molecule has 1 heterocycles. The average Bonchev–Trinajstić information content (AvgIpc) is 2.43. The molecule has 0 radical (unpaired) electrons. The Kier molecular flexibility index (Phi) is 3.94. The maximum Gasteiger partial charge on any atom is 0.158 e. The van der Waals surface area contributed by atoms with Gasteiger partial charge in [0.2, 0.25) is 0 Å². The summed E-state index contributed by atoms with van der Waals surface area (Å²) < 4.78 is 0. The van der Waals surface area contributed by atoms with Crippen LogP contribution >= 0.6 is 22.9 Å². The van der Waals surface area contributed by atoms with Crippen molar-refractivity contribution in [1.29, 1.82) is 0 Å². The van der Waals surface area contributed by atoms with Crippen LogP contribution in [0.2, 0.25) is 0 Å². The summed E-state index contributed by atoms with van der Waals surface area (Å²) >= 11 is 0. The van der Waals surface area contributed by atoms with E-state index in [1.807, 2.05) is 17.5 Å². The summed E-state index contributed by atoms with van der Waals surface area (Å²) in [4.78, 5) is 12.3. The third-order valence-electron chi connectivity index (χ3n) is 2.17. The number of nitrogens with one attached hydrogen (secondary N) is 1. The molecule has 0 amide bonds. The van der Waals surface area contributed by atoms with E-state index in [4.69, 9.17) is 0 Å². The SMILES string of the molecule is CC(=O)C=S1c2ccccc2NC1C.Cl. The lowest BCUT2D eigenvalue weighted by molar-refractivity contribution is -0.110. The van der Waals surface area contributed by atoms with Crippen molar-refractivity contribution in [3.63, 3.8) is 0 Å². The van der Waals surface area contributed by atoms with Crippen molar-refractivity contribution >= 4 is 39.7 Å². The second-order valence-electron chi connectivity index (χ2n) is 3.38. The standard InChI is InChI=1S/C11H13NOS.ClH/c1-8(13)7-14-9(2)12-10-5-3-4-6-11(10)14;/h3-7,9,12H,1-2H3;1H. The number of para-hydroxylation sites is 1. The van der Waals surface area contributed by atoms with Crippen LogP contribution in [0, 0.1) is 0 Å². The smallest absolute Gasteiger partial charge is 0.158 e. The first-order valence-electron chi connectivity index (χ1n) is 4.61. The molecular weight excluding hydrogens is 230 g/mol. The molecule has 1 N–H and O–H groups in total. The zero-order valence-corrected chi connectivity index (χ0v) is 10.3. The number of halogens is 1. The topological polar surface area (TPSA) is 29.1 Å². The molecule has 4 heteroatoms. The van der Waals surface area contributed by atoms with E-state index in [1.165, 1.54) is 10.6 Å². The third-order valence-corrected chi connectivity index (χ3v) is 4.50. The molecule has 0 spiro atoms. The molecule has 2 unspecified atom stereocenters. The minimum absolute atomic E-state index is 0. The summed E-state index contributed by atoms with van der Waals surface area (Å²) in [6.45, 7) is 3.73. The van der Waals surface area contributed by atoms with Gasteiger partial charge in [-0.15, -0.1) is 22.9 Å². The van der Waals surface area contributed by atoms with E-state index < -0.39 is 0 Å². The maximum atomic E-state index is 11.1. The number of hydrogen-bond acceptors (Lipinski definition) is 2. The van der Waals surface area contributed by atoms with Crippen molar-refractivity contribution in [1.82, 2.24) is 0 Å². The van der Waals surface area contributed by atoms with E-state index >= 15 is 0 Å². The Morgan fingerprint density at radius 3 is 2.80 bits per heavy atom. The van der Waals surface area contributed by atoms with Crippen LogP contribution in [0.25, 0.3) is 0 Å². The molecule has 15 heavy (non-hydrogen) atoms. The summed E-state index contributed by atoms with van der Waals surface area (Å²) in [5.41, 5.74) is 1.17. The second-order valence-corrected chi connectivity index (χ2v) is 5.51. The molecule has 0 saturated heterocycles. The molecule has 2 nitrogen and oxygen atoms in total. The van der Waals surface area contributed by atoms with E-state index in [2.05, 4.69) is 24.4 Å². The van der Waals surface area contributed by atoms with E-state index in [0.717, 1.165) is 0 Å². The highest BCUT2D eigenvalue weighted by Gasteiger charge is 2.20. The van der Waals surface area contributed by atoms with Crippen molar-refractivity contribution in [3.05, 3.63) is 24.3 Å². The number of carbonyl (C=O) groups is 1. The number of carbonyl (C=O) groups excluding carboxylic acids is 1. The Hall–Kier alpha value is -0.800. The van der Waals surface area contributed by atoms with E-state index in [-0.39, 0.29) is 28.7 Å². The molecule has 1 aliphatic rings. The predicted molar refractivity (Wildman–Crippen MR) is 69.4 cm³/mol. The van der Waals surface area contributed by atoms with Crippen LogP contribution in [-0.4, -0.2) is 16.5 Å². The summed E-state index contributed by atoms with van der Waals surface area (Å²) in [5, 5.41) is 5.55. The summed E-state index contributed by atoms with van der Waals surface area (Å²) in [6, 6.07) is 8.19. The Morgan fingerprint density at radius 1 is 1.47 bits per heavy atom. The van der Waals surface area contributed by atoms with E-state index in [0.29, 0.717) is 5.37 Å². The lowest BCUT2D eigenvalue weighted by Crippen LogP contribution is -2.06. The molecular formula is C11H14ClNOS. The van der Waals surface area contributed by atoms with Crippen LogP contribution < -0.4 is 5.32 Å². The summed E-state index contributed by atoms with van der Waals surface area (Å²) in [5.74, 6) is 0.152. The third kappa shape index (κ3) is 2.41. The number of benzene rings is 1. The molecule has 1 aromatic carbocycles. The van der Waals surface area contributed by atoms with Gasteiger partial charge < -0.3 is 5.32 Å². The molecule has 2 rings (SSSR count). The minimum Gasteiger partial charge on any atom is -0.373 e. The number of hydrogen-bond donors (Lipinski definition) is 1. The van der Waals surface area contributed by atoms with Gasteiger partial charge in [0.15, 0.2) is 5.78 Å². The first-order valence-corrected chi connectivity index (χ1v) is 5.96. The molecule has 1 aliphatic heterocycles. The normalized spacial score (nSPS) is 22.8. The fraction of sp³-hybridized carbons (Fsp3) is 0.273. The van der Waals surface area contributed by atoms with Crippen molar-refractivity contribution in [3.8, 4) is 0 Å². The van der Waals surface area contributed by atoms with Gasteiger partial charge >= 0.3 is 0 Å². The molecule has 0 saturated carbocycles. The van der Waals surface area contributed by atoms with Gasteiger partial charge in [0.1, 0.15) is 0 Å². The van der Waals surface area contributed by atoms with E-state index in [1.54, 1.807) is 6.92 Å². The van der Waals surface area contributed by atoms with Crippen LogP contribution in [0.3, 0.4) is 0 Å². The monoisotopic (exact) mass is 243 g/mol. The van der Waals surface area contributed by atoms with E-state index in [9.17, 15) is 4.79 Å². The molecule has 1 aromatic rings. The highest BCUT2D eigenvalue weighted by Crippen LogP contribution is 2.43. The Balaban J connectivity index is 0.00000112. The average molecular weight is 244 g/mol. The Morgan fingerprint density at radius 2 is 2.13 bits per heavy atom. The summed E-state index contributed by atoms with van der Waals surface area (Å²) in [6.07, 6.45) is 0. The number of rotatable bonds is 1. The Labute approximate surface area is 98.4 Å². The van der Waals surface area contributed by atoms with Gasteiger partial charge in [-0.1, -0.05) is 12.1 Å². The molecule has 0 aliphatic carbocycles. The number of fused-ring (bicyclic) bond motifs is 1. The number of ketones is 1. The van der Waals surface area contributed by atoms with Crippen LogP contribution in [0.4, 0.5) is 5.69 Å². The van der Waals surface area contributed by atoms with Crippen LogP contribution in [0.15, 0.2) is 29.2 Å². The van der Waals surface area contributed by atoms with Gasteiger partial charge in [-0.3, -0.25) is 4.79 Å². The van der Waals surface area contributed by atoms with Gasteiger partial charge in [-0.2, -0.15) is 0 Å². The van der Waals surface area contributed by atoms with Crippen molar-refractivity contribution in [2.24, 2.45) is 0 Å². The summed E-state index contributed by atoms with van der Waals surface area (Å²) in [7, 11) is -0.0627. The number of anilines is 1. The zero-order chi connectivity index (χ0) is 10.1. The predicted octanol–water partition coefficient (Wildman–Crippen LogP) is 2.90. The molecule has 82 valence electrons. The quantitative estimate of drug-likeness (QED) is 0.769.